The Morgan fingerprint density at radius 3 is 0.774 bits per heavy atom. The number of halogens is 1. The van der Waals surface area contributed by atoms with Gasteiger partial charge in [-0.1, -0.05) is 111 Å². The van der Waals surface area contributed by atoms with Crippen LogP contribution in [-0.2, 0) is 0 Å². The third-order valence-electron chi connectivity index (χ3n) is 7.19. The quantitative estimate of drug-likeness (QED) is 0.0921. The van der Waals surface area contributed by atoms with Crippen LogP contribution in [0.4, 0.5) is 0 Å². The van der Waals surface area contributed by atoms with Crippen LogP contribution in [0.5, 0.6) is 0 Å². The Morgan fingerprint density at radius 2 is 0.484 bits per heavy atom. The van der Waals surface area contributed by atoms with Crippen LogP contribution in [-0.4, -0.2) is 30.7 Å². The van der Waals surface area contributed by atoms with Crippen molar-refractivity contribution in [1.82, 2.24) is 0 Å². The molecule has 0 N–H and O–H groups in total. The van der Waals surface area contributed by atoms with Crippen molar-refractivity contribution < 1.29 is 21.5 Å². The molecule has 0 atom stereocenters. The lowest BCUT2D eigenvalue weighted by atomic mass is 10.1. The monoisotopic (exact) mass is 503 g/mol. The molecular weight excluding hydrogens is 442 g/mol. The second kappa shape index (κ2) is 26.7. The Bertz CT molecular complexity index is 277. The first-order valence-corrected chi connectivity index (χ1v) is 14.6. The minimum absolute atomic E-state index is 0. The summed E-state index contributed by atoms with van der Waals surface area (Å²) in [4.78, 5) is 0. The lowest BCUT2D eigenvalue weighted by molar-refractivity contribution is -0.929. The van der Waals surface area contributed by atoms with E-state index in [1.54, 1.807) is 0 Å². The molecule has 0 aliphatic carbocycles. The normalized spacial score (nSPS) is 11.6. The summed E-state index contributed by atoms with van der Waals surface area (Å²) in [5.41, 5.74) is 0. The molecule has 0 rings (SSSR count). The van der Waals surface area contributed by atoms with Crippen LogP contribution in [0.1, 0.15) is 163 Å². The summed E-state index contributed by atoms with van der Waals surface area (Å²) in [5.74, 6) is 0. The maximum Gasteiger partial charge on any atom is 0.0786 e. The summed E-state index contributed by atoms with van der Waals surface area (Å²) >= 11 is 0. The van der Waals surface area contributed by atoms with Crippen LogP contribution < -0.4 is 17.0 Å². The first-order chi connectivity index (χ1) is 14.7. The molecule has 0 aliphatic heterocycles. The Morgan fingerprint density at radius 1 is 0.290 bits per heavy atom. The van der Waals surface area contributed by atoms with Crippen molar-refractivity contribution >= 4 is 0 Å². The zero-order valence-corrected chi connectivity index (χ0v) is 24.1. The summed E-state index contributed by atoms with van der Waals surface area (Å²) in [6, 6.07) is 0. The second-order valence-corrected chi connectivity index (χ2v) is 10.2. The van der Waals surface area contributed by atoms with Crippen LogP contribution in [0.25, 0.3) is 0 Å². The Hall–Kier alpha value is 0.440. The Balaban J connectivity index is 0. The van der Waals surface area contributed by atoms with Gasteiger partial charge in [-0.25, -0.2) is 0 Å². The number of nitrogens with zero attached hydrogens (tertiary/aromatic N) is 1. The van der Waals surface area contributed by atoms with Crippen molar-refractivity contribution in [3.8, 4) is 0 Å². The fourth-order valence-corrected chi connectivity index (χ4v) is 5.05. The third kappa shape index (κ3) is 22.0. The molecule has 0 aromatic rings. The van der Waals surface area contributed by atoms with E-state index in [4.69, 9.17) is 0 Å². The van der Waals surface area contributed by atoms with Crippen molar-refractivity contribution in [3.05, 3.63) is 0 Å². The van der Waals surface area contributed by atoms with Crippen molar-refractivity contribution in [2.75, 3.05) is 26.2 Å². The molecule has 0 radical (unpaired) electrons. The van der Waals surface area contributed by atoms with Crippen LogP contribution in [0.15, 0.2) is 0 Å². The largest absolute Gasteiger partial charge is 1.00 e. The van der Waals surface area contributed by atoms with Crippen molar-refractivity contribution in [3.63, 3.8) is 0 Å². The fraction of sp³-hybridized carbons (Fsp3) is 1.00. The van der Waals surface area contributed by atoms with Gasteiger partial charge in [0.05, 0.1) is 26.2 Å². The second-order valence-electron chi connectivity index (χ2n) is 10.2. The van der Waals surface area contributed by atoms with Gasteiger partial charge in [-0.05, 0) is 51.4 Å². The van der Waals surface area contributed by atoms with E-state index in [2.05, 4.69) is 27.7 Å². The zero-order valence-electron chi connectivity index (χ0n) is 22.5. The molecule has 1 nitrogen and oxygen atoms in total. The molecule has 2 heteroatoms. The maximum absolute atomic E-state index is 2.36. The molecule has 0 aromatic carbocycles. The smallest absolute Gasteiger partial charge is 0.0786 e. The molecule has 0 saturated carbocycles. The highest BCUT2D eigenvalue weighted by atomic mass is 79.9. The third-order valence-corrected chi connectivity index (χ3v) is 7.19. The maximum atomic E-state index is 2.36. The highest BCUT2D eigenvalue weighted by Crippen LogP contribution is 2.20. The standard InChI is InChI=1S/C29H62N.BrH/c1-5-9-13-16-19-23-27-30(26-22-12-8-4,28-24-20-17-14-10-6-2)29-25-21-18-15-11-7-3;/h5-29H2,1-4H3;1H/q+1;/p-1. The van der Waals surface area contributed by atoms with E-state index in [0.717, 1.165) is 0 Å². The molecule has 0 unspecified atom stereocenters. The first kappa shape index (κ1) is 33.6. The van der Waals surface area contributed by atoms with Gasteiger partial charge < -0.3 is 21.5 Å². The Labute approximate surface area is 209 Å². The van der Waals surface area contributed by atoms with E-state index in [1.165, 1.54) is 165 Å². The van der Waals surface area contributed by atoms with Gasteiger partial charge >= 0.3 is 0 Å². The van der Waals surface area contributed by atoms with E-state index < -0.39 is 0 Å². The van der Waals surface area contributed by atoms with Crippen LogP contribution in [0.3, 0.4) is 0 Å². The van der Waals surface area contributed by atoms with Gasteiger partial charge in [-0.2, -0.15) is 0 Å². The van der Waals surface area contributed by atoms with Crippen LogP contribution >= 0.6 is 0 Å². The van der Waals surface area contributed by atoms with Gasteiger partial charge in [-0.15, -0.1) is 0 Å². The van der Waals surface area contributed by atoms with Gasteiger partial charge in [-0.3, -0.25) is 0 Å². The summed E-state index contributed by atoms with van der Waals surface area (Å²) in [5, 5.41) is 0. The Kier molecular flexibility index (Phi) is 28.9. The van der Waals surface area contributed by atoms with E-state index >= 15 is 0 Å². The van der Waals surface area contributed by atoms with E-state index in [9.17, 15) is 0 Å². The number of quaternary nitrogens is 1. The number of unbranched alkanes of at least 4 members (excludes halogenated alkanes) is 17. The summed E-state index contributed by atoms with van der Waals surface area (Å²) in [6.45, 7) is 15.2. The molecule has 190 valence electrons. The molecule has 0 heterocycles. The van der Waals surface area contributed by atoms with Gasteiger partial charge in [0.15, 0.2) is 0 Å². The van der Waals surface area contributed by atoms with Crippen molar-refractivity contribution in [2.45, 2.75) is 163 Å². The zero-order chi connectivity index (χ0) is 22.2. The number of hydrogen-bond donors (Lipinski definition) is 0. The molecule has 0 amide bonds. The molecule has 0 aliphatic rings. The summed E-state index contributed by atoms with van der Waals surface area (Å²) < 4.78 is 1.47. The highest BCUT2D eigenvalue weighted by Gasteiger charge is 2.25. The fourth-order valence-electron chi connectivity index (χ4n) is 5.05. The molecule has 0 aromatic heterocycles. The van der Waals surface area contributed by atoms with Gasteiger partial charge in [0.25, 0.3) is 0 Å². The van der Waals surface area contributed by atoms with E-state index in [1.807, 2.05) is 0 Å². The van der Waals surface area contributed by atoms with Gasteiger partial charge in [0.2, 0.25) is 0 Å². The molecule has 0 saturated heterocycles. The molecule has 0 spiro atoms. The summed E-state index contributed by atoms with van der Waals surface area (Å²) in [6.07, 6.45) is 30.3. The molecular formula is C29H62BrN. The number of rotatable bonds is 25. The molecule has 31 heavy (non-hydrogen) atoms. The predicted molar refractivity (Wildman–Crippen MR) is 139 cm³/mol. The van der Waals surface area contributed by atoms with E-state index in [-0.39, 0.29) is 17.0 Å². The number of hydrogen-bond acceptors (Lipinski definition) is 0. The SMILES string of the molecule is CCCCCCCC[N+](CCCCC)(CCCCCCCC)CCCCCCCC.[Br-]. The summed E-state index contributed by atoms with van der Waals surface area (Å²) in [7, 11) is 0. The van der Waals surface area contributed by atoms with E-state index in [0.29, 0.717) is 0 Å². The minimum atomic E-state index is 0. The predicted octanol–water partition coefficient (Wildman–Crippen LogP) is 7.08. The average Bonchev–Trinajstić information content (AvgIpc) is 2.75. The lowest BCUT2D eigenvalue weighted by Crippen LogP contribution is -3.00. The topological polar surface area (TPSA) is 0 Å². The minimum Gasteiger partial charge on any atom is -1.00 e. The first-order valence-electron chi connectivity index (χ1n) is 14.6. The van der Waals surface area contributed by atoms with Crippen LogP contribution in [0.2, 0.25) is 0 Å². The highest BCUT2D eigenvalue weighted by molar-refractivity contribution is 4.54. The van der Waals surface area contributed by atoms with Crippen molar-refractivity contribution in [1.29, 1.82) is 0 Å². The van der Waals surface area contributed by atoms with Gasteiger partial charge in [0, 0.05) is 0 Å². The van der Waals surface area contributed by atoms with Crippen LogP contribution in [0, 0.1) is 0 Å². The molecule has 0 bridgehead atoms. The lowest BCUT2D eigenvalue weighted by Gasteiger charge is -2.39. The van der Waals surface area contributed by atoms with Gasteiger partial charge in [0.1, 0.15) is 0 Å². The van der Waals surface area contributed by atoms with Crippen molar-refractivity contribution in [2.24, 2.45) is 0 Å². The average molecular weight is 505 g/mol. The molecule has 0 fully saturated rings.